The molecule has 0 fully saturated rings. The van der Waals surface area contributed by atoms with Gasteiger partial charge in [-0.25, -0.2) is 9.97 Å². The maximum absolute atomic E-state index is 7.37. The van der Waals surface area contributed by atoms with Crippen molar-refractivity contribution in [1.29, 1.82) is 0 Å². The SMILES string of the molecule is [2H]C([2H])([2H])C([2H])([2H])c1nc(Cl)cc(Cl)n1. The van der Waals surface area contributed by atoms with Gasteiger partial charge in [-0.05, 0) is 0 Å². The fourth-order valence-corrected chi connectivity index (χ4v) is 0.869. The van der Waals surface area contributed by atoms with Crippen molar-refractivity contribution in [2.75, 3.05) is 0 Å². The highest BCUT2D eigenvalue weighted by atomic mass is 35.5. The van der Waals surface area contributed by atoms with Gasteiger partial charge >= 0.3 is 0 Å². The molecule has 0 bridgehead atoms. The summed E-state index contributed by atoms with van der Waals surface area (Å²) in [5, 5.41) is -0.198. The number of hydrogen-bond donors (Lipinski definition) is 0. The first-order valence-corrected chi connectivity index (χ1v) is 3.11. The van der Waals surface area contributed by atoms with Crippen LogP contribution >= 0.6 is 23.2 Å². The van der Waals surface area contributed by atoms with Crippen molar-refractivity contribution in [2.24, 2.45) is 0 Å². The molecule has 1 aromatic heterocycles. The van der Waals surface area contributed by atoms with Crippen LogP contribution in [0.4, 0.5) is 0 Å². The third-order valence-electron chi connectivity index (χ3n) is 0.775. The minimum Gasteiger partial charge on any atom is -0.221 e. The van der Waals surface area contributed by atoms with Gasteiger partial charge in [0.2, 0.25) is 0 Å². The Morgan fingerprint density at radius 1 is 1.60 bits per heavy atom. The molecule has 1 aromatic rings. The van der Waals surface area contributed by atoms with E-state index in [0.717, 1.165) is 0 Å². The number of hydrogen-bond acceptors (Lipinski definition) is 2. The lowest BCUT2D eigenvalue weighted by molar-refractivity contribution is 0.940. The third-order valence-corrected chi connectivity index (χ3v) is 1.16. The molecule has 1 heterocycles. The van der Waals surface area contributed by atoms with Gasteiger partial charge in [0.15, 0.2) is 0 Å². The van der Waals surface area contributed by atoms with Crippen LogP contribution in [0.1, 0.15) is 19.5 Å². The summed E-state index contributed by atoms with van der Waals surface area (Å²) < 4.78 is 35.8. The van der Waals surface area contributed by atoms with Crippen LogP contribution in [0.3, 0.4) is 0 Å². The highest BCUT2D eigenvalue weighted by Gasteiger charge is 1.97. The van der Waals surface area contributed by atoms with Crippen LogP contribution in [0, 0.1) is 0 Å². The van der Waals surface area contributed by atoms with E-state index in [1.165, 1.54) is 6.07 Å². The molecule has 0 aliphatic rings. The van der Waals surface area contributed by atoms with Crippen LogP contribution in [0.5, 0.6) is 0 Å². The maximum atomic E-state index is 7.37. The van der Waals surface area contributed by atoms with Crippen LogP contribution in [0.2, 0.25) is 10.3 Å². The summed E-state index contributed by atoms with van der Waals surface area (Å²) >= 11 is 11.0. The first-order valence-electron chi connectivity index (χ1n) is 4.85. The lowest BCUT2D eigenvalue weighted by Gasteiger charge is -1.95. The Kier molecular flexibility index (Phi) is 1.07. The average Bonchev–Trinajstić information content (AvgIpc) is 1.99. The van der Waals surface area contributed by atoms with Crippen molar-refractivity contribution in [3.8, 4) is 0 Å². The molecule has 1 rings (SSSR count). The van der Waals surface area contributed by atoms with Crippen LogP contribution in [0.15, 0.2) is 6.07 Å². The van der Waals surface area contributed by atoms with Gasteiger partial charge in [-0.15, -0.1) is 0 Å². The summed E-state index contributed by atoms with van der Waals surface area (Å²) in [7, 11) is 0. The molecular formula is C6H6Cl2N2. The smallest absolute Gasteiger partial charge is 0.134 e. The van der Waals surface area contributed by atoms with Gasteiger partial charge in [-0.1, -0.05) is 30.1 Å². The molecule has 0 aliphatic carbocycles. The Hall–Kier alpha value is -0.340. The molecule has 0 N–H and O–H groups in total. The van der Waals surface area contributed by atoms with Crippen LogP contribution in [-0.2, 0) is 6.37 Å². The van der Waals surface area contributed by atoms with Crippen molar-refractivity contribution in [1.82, 2.24) is 9.97 Å². The van der Waals surface area contributed by atoms with E-state index in [-0.39, 0.29) is 10.3 Å². The van der Waals surface area contributed by atoms with Crippen LogP contribution in [-0.4, -0.2) is 9.97 Å². The topological polar surface area (TPSA) is 25.8 Å². The van der Waals surface area contributed by atoms with Gasteiger partial charge in [0.25, 0.3) is 0 Å². The monoisotopic (exact) mass is 181 g/mol. The fourth-order valence-electron chi connectivity index (χ4n) is 0.446. The molecule has 0 aliphatic heterocycles. The normalized spacial score (nSPS) is 20.0. The number of rotatable bonds is 1. The van der Waals surface area contributed by atoms with E-state index in [0.29, 0.717) is 0 Å². The Morgan fingerprint density at radius 2 is 2.20 bits per heavy atom. The summed E-state index contributed by atoms with van der Waals surface area (Å²) in [5.41, 5.74) is 0. The van der Waals surface area contributed by atoms with Crippen molar-refractivity contribution >= 4 is 23.2 Å². The summed E-state index contributed by atoms with van der Waals surface area (Å²) in [6.07, 6.45) is -2.68. The molecule has 0 atom stereocenters. The predicted molar refractivity (Wildman–Crippen MR) is 41.4 cm³/mol. The Morgan fingerprint density at radius 3 is 2.70 bits per heavy atom. The lowest BCUT2D eigenvalue weighted by Crippen LogP contribution is -1.91. The standard InChI is InChI=1S/C6H6Cl2N2/c1-2-6-9-4(7)3-5(8)10-6/h3H,2H2,1H3/i1D3,2D2. The number of aryl methyl sites for hydroxylation is 1. The summed E-state index contributed by atoms with van der Waals surface area (Å²) in [5.74, 6) is -0.542. The zero-order valence-electron chi connectivity index (χ0n) is 9.73. The Labute approximate surface area is 76.2 Å². The van der Waals surface area contributed by atoms with E-state index >= 15 is 0 Å². The molecule has 0 spiro atoms. The summed E-state index contributed by atoms with van der Waals surface area (Å²) in [6.45, 7) is -2.87. The predicted octanol–water partition coefficient (Wildman–Crippen LogP) is 2.35. The minimum absolute atomic E-state index is 0.0990. The molecular weight excluding hydrogens is 171 g/mol. The second kappa shape index (κ2) is 3.17. The average molecular weight is 182 g/mol. The molecule has 10 heavy (non-hydrogen) atoms. The maximum Gasteiger partial charge on any atom is 0.134 e. The molecule has 0 saturated carbocycles. The zero-order chi connectivity index (χ0) is 11.9. The number of halogens is 2. The molecule has 2 nitrogen and oxygen atoms in total. The first kappa shape index (κ1) is 3.37. The van der Waals surface area contributed by atoms with Crippen LogP contribution in [0.25, 0.3) is 0 Å². The van der Waals surface area contributed by atoms with Gasteiger partial charge in [0.05, 0.1) is 0 Å². The number of nitrogens with zero attached hydrogens (tertiary/aromatic N) is 2. The van der Waals surface area contributed by atoms with Crippen molar-refractivity contribution in [3.05, 3.63) is 22.2 Å². The summed E-state index contributed by atoms with van der Waals surface area (Å²) in [4.78, 5) is 7.01. The first-order chi connectivity index (χ1) is 6.64. The van der Waals surface area contributed by atoms with Crippen molar-refractivity contribution in [3.63, 3.8) is 0 Å². The van der Waals surface area contributed by atoms with Crippen molar-refractivity contribution < 1.29 is 6.85 Å². The third kappa shape index (κ3) is 1.82. The van der Waals surface area contributed by atoms with E-state index in [2.05, 4.69) is 9.97 Å². The summed E-state index contributed by atoms with van der Waals surface area (Å²) in [6, 6.07) is 1.20. The highest BCUT2D eigenvalue weighted by Crippen LogP contribution is 2.11. The van der Waals surface area contributed by atoms with Gasteiger partial charge < -0.3 is 0 Å². The van der Waals surface area contributed by atoms with Gasteiger partial charge in [0, 0.05) is 19.3 Å². The highest BCUT2D eigenvalue weighted by molar-refractivity contribution is 6.33. The Balaban J connectivity index is 3.27. The fraction of sp³-hybridized carbons (Fsp3) is 0.333. The zero-order valence-corrected chi connectivity index (χ0v) is 6.24. The van der Waals surface area contributed by atoms with Crippen LogP contribution < -0.4 is 0 Å². The second-order valence-corrected chi connectivity index (χ2v) is 2.24. The van der Waals surface area contributed by atoms with Gasteiger partial charge in [-0.2, -0.15) is 0 Å². The quantitative estimate of drug-likeness (QED) is 0.623. The molecule has 0 saturated heterocycles. The van der Waals surface area contributed by atoms with E-state index in [9.17, 15) is 0 Å². The van der Waals surface area contributed by atoms with Crippen molar-refractivity contribution in [2.45, 2.75) is 13.2 Å². The molecule has 54 valence electrons. The van der Waals surface area contributed by atoms with E-state index < -0.39 is 19.0 Å². The minimum atomic E-state index is -2.87. The van der Waals surface area contributed by atoms with Gasteiger partial charge in [-0.3, -0.25) is 0 Å². The largest absolute Gasteiger partial charge is 0.221 e. The Bertz CT molecular complexity index is 358. The second-order valence-electron chi connectivity index (χ2n) is 1.46. The van der Waals surface area contributed by atoms with Gasteiger partial charge in [0.1, 0.15) is 16.1 Å². The molecule has 4 heteroatoms. The number of aromatic nitrogens is 2. The molecule has 0 radical (unpaired) electrons. The van der Waals surface area contributed by atoms with E-state index in [1.54, 1.807) is 0 Å². The lowest BCUT2D eigenvalue weighted by atomic mass is 10.4. The molecule has 0 aromatic carbocycles. The molecule has 0 unspecified atom stereocenters. The van der Waals surface area contributed by atoms with E-state index in [1.807, 2.05) is 0 Å². The molecule has 0 amide bonds. The van der Waals surface area contributed by atoms with E-state index in [4.69, 9.17) is 30.1 Å².